The molecule has 6 nitrogen and oxygen atoms in total. The zero-order chi connectivity index (χ0) is 22.0. The second kappa shape index (κ2) is 11.6. The van der Waals surface area contributed by atoms with Crippen LogP contribution in [-0.4, -0.2) is 48.8 Å². The maximum absolute atomic E-state index is 12.9. The molecule has 2 aromatic rings. The predicted molar refractivity (Wildman–Crippen MR) is 117 cm³/mol. The van der Waals surface area contributed by atoms with Crippen LogP contribution in [0.2, 0.25) is 0 Å². The van der Waals surface area contributed by atoms with Gasteiger partial charge in [-0.1, -0.05) is 42.5 Å². The van der Waals surface area contributed by atoms with Gasteiger partial charge in [-0.25, -0.2) is 4.79 Å². The number of hydrogen-bond acceptors (Lipinski definition) is 5. The van der Waals surface area contributed by atoms with Gasteiger partial charge in [-0.15, -0.1) is 0 Å². The number of amides is 1. The maximum atomic E-state index is 12.9. The summed E-state index contributed by atoms with van der Waals surface area (Å²) in [6, 6.07) is 15.7. The summed E-state index contributed by atoms with van der Waals surface area (Å²) < 4.78 is 16.3. The molecule has 0 fully saturated rings. The minimum absolute atomic E-state index is 0.0947. The fraction of sp³-hybridized carbons (Fsp3) is 0.458. The fourth-order valence-electron chi connectivity index (χ4n) is 3.02. The normalized spacial score (nSPS) is 11.2. The first kappa shape index (κ1) is 23.7. The van der Waals surface area contributed by atoms with E-state index in [0.717, 1.165) is 22.4 Å². The van der Waals surface area contributed by atoms with Gasteiger partial charge in [0, 0.05) is 26.8 Å². The molecule has 0 spiro atoms. The molecule has 30 heavy (non-hydrogen) atoms. The number of para-hydroxylation sites is 1. The molecule has 1 N–H and O–H groups in total. The molecule has 2 aromatic carbocycles. The molecule has 0 aliphatic rings. The number of carbonyl (C=O) groups excluding carboxylic acids is 1. The van der Waals surface area contributed by atoms with E-state index in [0.29, 0.717) is 25.9 Å². The average Bonchev–Trinajstić information content (AvgIpc) is 2.69. The molecule has 0 bridgehead atoms. The topological polar surface area (TPSA) is 68.2 Å². The van der Waals surface area contributed by atoms with Gasteiger partial charge in [0.25, 0.3) is 0 Å². The third kappa shape index (κ3) is 8.05. The van der Waals surface area contributed by atoms with Gasteiger partial charge in [0.2, 0.25) is 0 Å². The Labute approximate surface area is 179 Å². The fourth-order valence-corrected chi connectivity index (χ4v) is 3.02. The zero-order valence-electron chi connectivity index (χ0n) is 18.4. The highest BCUT2D eigenvalue weighted by Gasteiger charge is 2.22. The first-order chi connectivity index (χ1) is 14.3. The molecule has 0 atom stereocenters. The van der Waals surface area contributed by atoms with Crippen LogP contribution in [0.3, 0.4) is 0 Å². The number of carbonyl (C=O) groups is 1. The summed E-state index contributed by atoms with van der Waals surface area (Å²) in [7, 11) is 1.58. The highest BCUT2D eigenvalue weighted by Crippen LogP contribution is 2.20. The molecular weight excluding hydrogens is 382 g/mol. The zero-order valence-corrected chi connectivity index (χ0v) is 18.4. The van der Waals surface area contributed by atoms with Crippen LogP contribution < -0.4 is 4.74 Å². The van der Waals surface area contributed by atoms with Crippen LogP contribution in [0.5, 0.6) is 5.75 Å². The monoisotopic (exact) mass is 415 g/mol. The maximum Gasteiger partial charge on any atom is 0.410 e. The van der Waals surface area contributed by atoms with Gasteiger partial charge in [-0.2, -0.15) is 0 Å². The van der Waals surface area contributed by atoms with Crippen LogP contribution in [-0.2, 0) is 28.9 Å². The number of ether oxygens (including phenoxy) is 3. The number of aliphatic hydroxyl groups excluding tert-OH is 1. The van der Waals surface area contributed by atoms with Crippen molar-refractivity contribution in [2.45, 2.75) is 45.8 Å². The standard InChI is InChI=1S/C24H33NO5/c1-24(2,3)30-23(27)25(17-20-9-7-8-19(16-20)13-15-26)14-12-21-10-5-6-11-22(21)29-18-28-4/h5-11,16,26H,12-15,17-18H2,1-4H3. The van der Waals surface area contributed by atoms with E-state index < -0.39 is 5.60 Å². The highest BCUT2D eigenvalue weighted by atomic mass is 16.7. The molecule has 1 amide bonds. The van der Waals surface area contributed by atoms with E-state index in [9.17, 15) is 9.90 Å². The van der Waals surface area contributed by atoms with E-state index in [1.807, 2.05) is 69.3 Å². The first-order valence-corrected chi connectivity index (χ1v) is 10.2. The Balaban J connectivity index is 2.16. The lowest BCUT2D eigenvalue weighted by Gasteiger charge is -2.28. The molecule has 0 saturated heterocycles. The van der Waals surface area contributed by atoms with Crippen LogP contribution >= 0.6 is 0 Å². The lowest BCUT2D eigenvalue weighted by atomic mass is 10.1. The van der Waals surface area contributed by atoms with Crippen molar-refractivity contribution in [1.82, 2.24) is 4.90 Å². The van der Waals surface area contributed by atoms with Crippen molar-refractivity contribution in [3.63, 3.8) is 0 Å². The quantitative estimate of drug-likeness (QED) is 0.590. The predicted octanol–water partition coefficient (Wildman–Crippen LogP) is 4.18. The molecule has 0 aromatic heterocycles. The summed E-state index contributed by atoms with van der Waals surface area (Å²) in [4.78, 5) is 14.6. The van der Waals surface area contributed by atoms with E-state index in [2.05, 4.69) is 0 Å². The van der Waals surface area contributed by atoms with Crippen LogP contribution in [0, 0.1) is 0 Å². The van der Waals surface area contributed by atoms with E-state index in [1.165, 1.54) is 0 Å². The smallest absolute Gasteiger partial charge is 0.410 e. The SMILES string of the molecule is COCOc1ccccc1CCN(Cc1cccc(CCO)c1)C(=O)OC(C)(C)C. The van der Waals surface area contributed by atoms with Gasteiger partial charge < -0.3 is 24.2 Å². The molecule has 0 unspecified atom stereocenters. The van der Waals surface area contributed by atoms with Crippen LogP contribution in [0.25, 0.3) is 0 Å². The van der Waals surface area contributed by atoms with E-state index in [-0.39, 0.29) is 19.5 Å². The molecule has 0 aliphatic carbocycles. The molecule has 0 aliphatic heterocycles. The van der Waals surface area contributed by atoms with Crippen LogP contribution in [0.1, 0.15) is 37.5 Å². The number of hydrogen-bond donors (Lipinski definition) is 1. The lowest BCUT2D eigenvalue weighted by molar-refractivity contribution is 0.0233. The Morgan fingerprint density at radius 1 is 1.03 bits per heavy atom. The average molecular weight is 416 g/mol. The largest absolute Gasteiger partial charge is 0.467 e. The molecule has 164 valence electrons. The van der Waals surface area contributed by atoms with E-state index >= 15 is 0 Å². The van der Waals surface area contributed by atoms with E-state index in [4.69, 9.17) is 14.2 Å². The summed E-state index contributed by atoms with van der Waals surface area (Å²) in [6.45, 7) is 6.75. The second-order valence-corrected chi connectivity index (χ2v) is 8.10. The van der Waals surface area contributed by atoms with Crippen molar-refractivity contribution in [2.24, 2.45) is 0 Å². The summed E-state index contributed by atoms with van der Waals surface area (Å²) in [5.41, 5.74) is 2.46. The Morgan fingerprint density at radius 3 is 2.47 bits per heavy atom. The summed E-state index contributed by atoms with van der Waals surface area (Å²) >= 11 is 0. The van der Waals surface area contributed by atoms with Gasteiger partial charge >= 0.3 is 6.09 Å². The van der Waals surface area contributed by atoms with Crippen LogP contribution in [0.4, 0.5) is 4.79 Å². The molecule has 0 radical (unpaired) electrons. The number of nitrogens with zero attached hydrogens (tertiary/aromatic N) is 1. The van der Waals surface area contributed by atoms with Crippen molar-refractivity contribution < 1.29 is 24.1 Å². The van der Waals surface area contributed by atoms with Gasteiger partial charge in [-0.05, 0) is 56.4 Å². The Kier molecular flexibility index (Phi) is 9.15. The van der Waals surface area contributed by atoms with Gasteiger partial charge in [0.05, 0.1) is 0 Å². The van der Waals surface area contributed by atoms with E-state index in [1.54, 1.807) is 12.0 Å². The van der Waals surface area contributed by atoms with Crippen molar-refractivity contribution in [3.8, 4) is 5.75 Å². The second-order valence-electron chi connectivity index (χ2n) is 8.10. The lowest BCUT2D eigenvalue weighted by Crippen LogP contribution is -2.37. The minimum Gasteiger partial charge on any atom is -0.467 e. The molecular formula is C24H33NO5. The summed E-state index contributed by atoms with van der Waals surface area (Å²) in [5, 5.41) is 9.20. The summed E-state index contributed by atoms with van der Waals surface area (Å²) in [6.07, 6.45) is 0.852. The molecule has 0 heterocycles. The Morgan fingerprint density at radius 2 is 1.77 bits per heavy atom. The van der Waals surface area contributed by atoms with Crippen molar-refractivity contribution >= 4 is 6.09 Å². The molecule has 6 heteroatoms. The van der Waals surface area contributed by atoms with Crippen molar-refractivity contribution in [3.05, 3.63) is 65.2 Å². The Bertz CT molecular complexity index is 800. The number of benzene rings is 2. The van der Waals surface area contributed by atoms with Crippen LogP contribution in [0.15, 0.2) is 48.5 Å². The highest BCUT2D eigenvalue weighted by molar-refractivity contribution is 5.68. The van der Waals surface area contributed by atoms with Gasteiger partial charge in [-0.3, -0.25) is 0 Å². The third-order valence-electron chi connectivity index (χ3n) is 4.37. The number of methoxy groups -OCH3 is 1. The third-order valence-corrected chi connectivity index (χ3v) is 4.37. The summed E-state index contributed by atoms with van der Waals surface area (Å²) in [5.74, 6) is 0.744. The number of rotatable bonds is 10. The molecule has 0 saturated carbocycles. The van der Waals surface area contributed by atoms with Gasteiger partial charge in [0.15, 0.2) is 6.79 Å². The van der Waals surface area contributed by atoms with Gasteiger partial charge in [0.1, 0.15) is 11.4 Å². The minimum atomic E-state index is -0.576. The van der Waals surface area contributed by atoms with Crippen molar-refractivity contribution in [2.75, 3.05) is 27.1 Å². The Hall–Kier alpha value is -2.57. The first-order valence-electron chi connectivity index (χ1n) is 10.2. The number of aliphatic hydroxyl groups is 1. The van der Waals surface area contributed by atoms with Crippen molar-refractivity contribution in [1.29, 1.82) is 0 Å². The molecule has 2 rings (SSSR count).